The van der Waals surface area contributed by atoms with Crippen molar-refractivity contribution in [2.24, 2.45) is 0 Å². The Morgan fingerprint density at radius 3 is 2.50 bits per heavy atom. The molecule has 2 aromatic rings. The number of hydrogen-bond donors (Lipinski definition) is 1. The SMILES string of the molecule is S=C(NC[C@@H]1CCCO1)N(Cc1ccccc1)Cc1ccncc1. The molecule has 1 fully saturated rings. The smallest absolute Gasteiger partial charge is 0.169 e. The summed E-state index contributed by atoms with van der Waals surface area (Å²) in [4.78, 5) is 6.28. The van der Waals surface area contributed by atoms with Crippen molar-refractivity contribution in [1.29, 1.82) is 0 Å². The molecule has 0 aliphatic carbocycles. The minimum atomic E-state index is 0.280. The summed E-state index contributed by atoms with van der Waals surface area (Å²) < 4.78 is 5.67. The topological polar surface area (TPSA) is 37.4 Å². The molecule has 0 spiro atoms. The van der Waals surface area contributed by atoms with Gasteiger partial charge in [-0.2, -0.15) is 0 Å². The quantitative estimate of drug-likeness (QED) is 0.817. The number of thiocarbonyl (C=S) groups is 1. The summed E-state index contributed by atoms with van der Waals surface area (Å²) in [6.07, 6.45) is 6.17. The number of ether oxygens (including phenoxy) is 1. The van der Waals surface area contributed by atoms with Gasteiger partial charge in [0.15, 0.2) is 5.11 Å². The van der Waals surface area contributed by atoms with Crippen LogP contribution in [0, 0.1) is 0 Å². The Morgan fingerprint density at radius 2 is 1.83 bits per heavy atom. The van der Waals surface area contributed by atoms with E-state index in [1.165, 1.54) is 11.1 Å². The largest absolute Gasteiger partial charge is 0.376 e. The lowest BCUT2D eigenvalue weighted by Crippen LogP contribution is -2.41. The number of rotatable bonds is 6. The molecule has 0 saturated carbocycles. The average Bonchev–Trinajstić information content (AvgIpc) is 3.14. The van der Waals surface area contributed by atoms with E-state index in [0.29, 0.717) is 0 Å². The Labute approximate surface area is 148 Å². The van der Waals surface area contributed by atoms with Gasteiger partial charge < -0.3 is 15.0 Å². The second-order valence-corrected chi connectivity index (χ2v) is 6.40. The van der Waals surface area contributed by atoms with Crippen LogP contribution in [-0.2, 0) is 17.8 Å². The molecule has 1 aliphatic rings. The van der Waals surface area contributed by atoms with Crippen LogP contribution < -0.4 is 5.32 Å². The number of nitrogens with one attached hydrogen (secondary N) is 1. The van der Waals surface area contributed by atoms with Crippen LogP contribution in [0.3, 0.4) is 0 Å². The molecule has 1 aromatic carbocycles. The predicted octanol–water partition coefficient (Wildman–Crippen LogP) is 3.14. The molecule has 1 saturated heterocycles. The average molecular weight is 341 g/mol. The first-order valence-electron chi connectivity index (χ1n) is 8.38. The van der Waals surface area contributed by atoms with Crippen molar-refractivity contribution in [3.8, 4) is 0 Å². The third-order valence-corrected chi connectivity index (χ3v) is 4.53. The van der Waals surface area contributed by atoms with Gasteiger partial charge in [-0.25, -0.2) is 0 Å². The molecular weight excluding hydrogens is 318 g/mol. The lowest BCUT2D eigenvalue weighted by Gasteiger charge is -2.27. The molecule has 1 aliphatic heterocycles. The Bertz CT molecular complexity index is 588. The number of benzene rings is 1. The zero-order chi connectivity index (χ0) is 16.6. The Kier molecular flexibility index (Phi) is 6.15. The van der Waals surface area contributed by atoms with Crippen molar-refractivity contribution in [2.45, 2.75) is 32.0 Å². The van der Waals surface area contributed by atoms with Crippen LogP contribution in [-0.4, -0.2) is 34.3 Å². The minimum absolute atomic E-state index is 0.280. The van der Waals surface area contributed by atoms with Crippen molar-refractivity contribution in [3.63, 3.8) is 0 Å². The van der Waals surface area contributed by atoms with Crippen LogP contribution in [0.4, 0.5) is 0 Å². The Balaban J connectivity index is 1.64. The fourth-order valence-corrected chi connectivity index (χ4v) is 3.04. The van der Waals surface area contributed by atoms with E-state index in [1.807, 2.05) is 30.6 Å². The normalized spacial score (nSPS) is 16.8. The van der Waals surface area contributed by atoms with Gasteiger partial charge >= 0.3 is 0 Å². The predicted molar refractivity (Wildman–Crippen MR) is 99.5 cm³/mol. The summed E-state index contributed by atoms with van der Waals surface area (Å²) in [7, 11) is 0. The number of pyridine rings is 1. The van der Waals surface area contributed by atoms with Crippen LogP contribution in [0.25, 0.3) is 0 Å². The van der Waals surface area contributed by atoms with Crippen LogP contribution in [0.5, 0.6) is 0 Å². The molecule has 1 aromatic heterocycles. The second-order valence-electron chi connectivity index (χ2n) is 6.02. The van der Waals surface area contributed by atoms with Gasteiger partial charge in [-0.3, -0.25) is 4.98 Å². The van der Waals surface area contributed by atoms with Gasteiger partial charge in [0.05, 0.1) is 6.10 Å². The van der Waals surface area contributed by atoms with Gasteiger partial charge in [0.25, 0.3) is 0 Å². The molecule has 0 amide bonds. The zero-order valence-corrected chi connectivity index (χ0v) is 14.5. The van der Waals surface area contributed by atoms with Gasteiger partial charge in [-0.05, 0) is 48.3 Å². The van der Waals surface area contributed by atoms with Gasteiger partial charge in [-0.1, -0.05) is 30.3 Å². The number of hydrogen-bond acceptors (Lipinski definition) is 3. The molecule has 3 rings (SSSR count). The number of nitrogens with zero attached hydrogens (tertiary/aromatic N) is 2. The van der Waals surface area contributed by atoms with E-state index in [1.54, 1.807) is 0 Å². The maximum Gasteiger partial charge on any atom is 0.169 e. The summed E-state index contributed by atoms with van der Waals surface area (Å²) in [6.45, 7) is 3.18. The highest BCUT2D eigenvalue weighted by Crippen LogP contribution is 2.13. The van der Waals surface area contributed by atoms with E-state index in [0.717, 1.165) is 44.2 Å². The van der Waals surface area contributed by atoms with Crippen molar-refractivity contribution in [2.75, 3.05) is 13.2 Å². The summed E-state index contributed by atoms with van der Waals surface area (Å²) >= 11 is 5.65. The van der Waals surface area contributed by atoms with E-state index in [2.05, 4.69) is 39.5 Å². The molecule has 5 heteroatoms. The lowest BCUT2D eigenvalue weighted by molar-refractivity contribution is 0.113. The second kappa shape index (κ2) is 8.76. The van der Waals surface area contributed by atoms with Crippen LogP contribution in [0.1, 0.15) is 24.0 Å². The van der Waals surface area contributed by atoms with E-state index in [9.17, 15) is 0 Å². The van der Waals surface area contributed by atoms with E-state index < -0.39 is 0 Å². The molecule has 1 atom stereocenters. The molecule has 4 nitrogen and oxygen atoms in total. The summed E-state index contributed by atoms with van der Waals surface area (Å²) in [5, 5.41) is 4.15. The molecule has 126 valence electrons. The molecular formula is C19H23N3OS. The van der Waals surface area contributed by atoms with Gasteiger partial charge in [0, 0.05) is 38.6 Å². The fraction of sp³-hybridized carbons (Fsp3) is 0.368. The Morgan fingerprint density at radius 1 is 1.12 bits per heavy atom. The maximum atomic E-state index is 5.67. The molecule has 2 heterocycles. The van der Waals surface area contributed by atoms with Crippen LogP contribution in [0.2, 0.25) is 0 Å². The van der Waals surface area contributed by atoms with Crippen molar-refractivity contribution < 1.29 is 4.74 Å². The molecule has 0 bridgehead atoms. The summed E-state index contributed by atoms with van der Waals surface area (Å²) in [5.74, 6) is 0. The first-order chi connectivity index (χ1) is 11.8. The molecule has 0 radical (unpaired) electrons. The third kappa shape index (κ3) is 5.01. The monoisotopic (exact) mass is 341 g/mol. The molecule has 24 heavy (non-hydrogen) atoms. The van der Waals surface area contributed by atoms with Crippen molar-refractivity contribution in [3.05, 3.63) is 66.0 Å². The van der Waals surface area contributed by atoms with Crippen LogP contribution >= 0.6 is 12.2 Å². The zero-order valence-electron chi connectivity index (χ0n) is 13.7. The lowest BCUT2D eigenvalue weighted by atomic mass is 10.2. The molecule has 1 N–H and O–H groups in total. The maximum absolute atomic E-state index is 5.67. The Hall–Kier alpha value is -1.98. The highest BCUT2D eigenvalue weighted by Gasteiger charge is 2.17. The minimum Gasteiger partial charge on any atom is -0.376 e. The van der Waals surface area contributed by atoms with Crippen LogP contribution in [0.15, 0.2) is 54.9 Å². The highest BCUT2D eigenvalue weighted by molar-refractivity contribution is 7.80. The summed E-state index contributed by atoms with van der Waals surface area (Å²) in [6, 6.07) is 14.5. The fourth-order valence-electron chi connectivity index (χ4n) is 2.83. The first kappa shape index (κ1) is 16.9. The van der Waals surface area contributed by atoms with E-state index in [4.69, 9.17) is 17.0 Å². The highest BCUT2D eigenvalue weighted by atomic mass is 32.1. The van der Waals surface area contributed by atoms with Crippen molar-refractivity contribution >= 4 is 17.3 Å². The third-order valence-electron chi connectivity index (χ3n) is 4.13. The van der Waals surface area contributed by atoms with Crippen molar-refractivity contribution in [1.82, 2.24) is 15.2 Å². The van der Waals surface area contributed by atoms with E-state index in [-0.39, 0.29) is 6.10 Å². The molecule has 0 unspecified atom stereocenters. The van der Waals surface area contributed by atoms with E-state index >= 15 is 0 Å². The van der Waals surface area contributed by atoms with Gasteiger partial charge in [0.1, 0.15) is 0 Å². The van der Waals surface area contributed by atoms with Gasteiger partial charge in [-0.15, -0.1) is 0 Å². The standard InChI is InChI=1S/C19H23N3OS/c24-19(21-13-18-7-4-12-23-18)22(14-16-5-2-1-3-6-16)15-17-8-10-20-11-9-17/h1-3,5-6,8-11,18H,4,7,12-15H2,(H,21,24)/t18-/m0/s1. The summed E-state index contributed by atoms with van der Waals surface area (Å²) in [5.41, 5.74) is 2.44. The van der Waals surface area contributed by atoms with Gasteiger partial charge in [0.2, 0.25) is 0 Å². The number of aromatic nitrogens is 1. The first-order valence-corrected chi connectivity index (χ1v) is 8.79.